The van der Waals surface area contributed by atoms with E-state index in [9.17, 15) is 4.79 Å². The van der Waals surface area contributed by atoms with Gasteiger partial charge in [-0.2, -0.15) is 0 Å². The summed E-state index contributed by atoms with van der Waals surface area (Å²) in [6, 6.07) is 0.648. The van der Waals surface area contributed by atoms with E-state index in [1.165, 1.54) is 25.7 Å². The van der Waals surface area contributed by atoms with Crippen LogP contribution in [0.1, 0.15) is 72.1 Å². The molecule has 1 saturated carbocycles. The lowest BCUT2D eigenvalue weighted by molar-refractivity contribution is -0.0617. The number of piperidine rings is 1. The Hall–Kier alpha value is -0.770. The highest BCUT2D eigenvalue weighted by atomic mass is 16.6. The summed E-state index contributed by atoms with van der Waals surface area (Å²) in [7, 11) is 0. The van der Waals surface area contributed by atoms with Gasteiger partial charge >= 0.3 is 6.09 Å². The van der Waals surface area contributed by atoms with E-state index in [0.717, 1.165) is 25.7 Å². The van der Waals surface area contributed by atoms with E-state index in [1.54, 1.807) is 0 Å². The number of hydrogen-bond acceptors (Lipinski definition) is 3. The zero-order valence-corrected chi connectivity index (χ0v) is 13.6. The molecule has 1 amide bonds. The second-order valence-corrected chi connectivity index (χ2v) is 7.91. The van der Waals surface area contributed by atoms with Gasteiger partial charge in [0.2, 0.25) is 0 Å². The molecule has 0 aromatic heterocycles. The van der Waals surface area contributed by atoms with Crippen LogP contribution in [-0.4, -0.2) is 40.9 Å². The van der Waals surface area contributed by atoms with Crippen molar-refractivity contribution in [2.45, 2.75) is 102 Å². The number of carbonyl (C=O) groups is 1. The Morgan fingerprint density at radius 3 is 2.05 bits per heavy atom. The number of amides is 1. The molecular formula is C17H29NO3. The van der Waals surface area contributed by atoms with E-state index in [1.807, 2.05) is 25.7 Å². The molecule has 0 spiro atoms. The van der Waals surface area contributed by atoms with Gasteiger partial charge in [0, 0.05) is 12.1 Å². The largest absolute Gasteiger partial charge is 0.444 e. The van der Waals surface area contributed by atoms with Crippen molar-refractivity contribution >= 4 is 6.09 Å². The van der Waals surface area contributed by atoms with Gasteiger partial charge in [-0.15, -0.1) is 0 Å². The van der Waals surface area contributed by atoms with Gasteiger partial charge in [-0.3, -0.25) is 0 Å². The quantitative estimate of drug-likeness (QED) is 0.776. The molecule has 2 aliphatic heterocycles. The fourth-order valence-corrected chi connectivity index (χ4v) is 4.15. The van der Waals surface area contributed by atoms with E-state index in [4.69, 9.17) is 9.47 Å². The second-order valence-electron chi connectivity index (χ2n) is 7.91. The Balaban J connectivity index is 1.57. The molecule has 4 heteroatoms. The standard InChI is InChI=1S/C17H29NO3/c1-17(2,3)21-16(19)18-12-8-9-13(18)11-15(10-12)20-14-6-4-5-7-14/h12-15H,4-11H2,1-3H3/t12-,13+,15+. The summed E-state index contributed by atoms with van der Waals surface area (Å²) in [6.07, 6.45) is 9.97. The predicted octanol–water partition coefficient (Wildman–Crippen LogP) is 3.88. The summed E-state index contributed by atoms with van der Waals surface area (Å²) in [6.45, 7) is 5.80. The lowest BCUT2D eigenvalue weighted by Crippen LogP contribution is -2.50. The number of hydrogen-bond donors (Lipinski definition) is 0. The molecule has 3 rings (SSSR count). The summed E-state index contributed by atoms with van der Waals surface area (Å²) in [4.78, 5) is 14.4. The zero-order chi connectivity index (χ0) is 15.0. The minimum Gasteiger partial charge on any atom is -0.444 e. The molecule has 2 heterocycles. The number of fused-ring (bicyclic) bond motifs is 2. The first-order valence-corrected chi connectivity index (χ1v) is 8.59. The van der Waals surface area contributed by atoms with Crippen molar-refractivity contribution in [3.8, 4) is 0 Å². The van der Waals surface area contributed by atoms with Crippen LogP contribution >= 0.6 is 0 Å². The van der Waals surface area contributed by atoms with Crippen LogP contribution in [0.25, 0.3) is 0 Å². The number of carbonyl (C=O) groups excluding carboxylic acids is 1. The van der Waals surface area contributed by atoms with Crippen molar-refractivity contribution in [1.29, 1.82) is 0 Å². The average molecular weight is 295 g/mol. The van der Waals surface area contributed by atoms with Crippen molar-refractivity contribution in [2.24, 2.45) is 0 Å². The van der Waals surface area contributed by atoms with Gasteiger partial charge in [-0.1, -0.05) is 12.8 Å². The summed E-state index contributed by atoms with van der Waals surface area (Å²) in [5.74, 6) is 0. The lowest BCUT2D eigenvalue weighted by atomic mass is 10.00. The predicted molar refractivity (Wildman–Crippen MR) is 81.2 cm³/mol. The Morgan fingerprint density at radius 1 is 0.952 bits per heavy atom. The van der Waals surface area contributed by atoms with Gasteiger partial charge in [-0.05, 0) is 59.3 Å². The Kier molecular flexibility index (Phi) is 4.17. The SMILES string of the molecule is CC(C)(C)OC(=O)N1[C@@H]2CC[C@H]1C[C@@H](OC1CCCC1)C2. The number of nitrogens with zero attached hydrogens (tertiary/aromatic N) is 1. The van der Waals surface area contributed by atoms with E-state index in [2.05, 4.69) is 0 Å². The molecule has 2 saturated heterocycles. The second kappa shape index (κ2) is 5.79. The molecule has 4 nitrogen and oxygen atoms in total. The van der Waals surface area contributed by atoms with Gasteiger partial charge in [0.1, 0.15) is 5.60 Å². The van der Waals surface area contributed by atoms with Gasteiger partial charge in [0.25, 0.3) is 0 Å². The highest BCUT2D eigenvalue weighted by Gasteiger charge is 2.45. The molecule has 0 N–H and O–H groups in total. The van der Waals surface area contributed by atoms with E-state index in [0.29, 0.717) is 24.3 Å². The number of rotatable bonds is 2. The fourth-order valence-electron chi connectivity index (χ4n) is 4.15. The lowest BCUT2D eigenvalue weighted by Gasteiger charge is -2.40. The highest BCUT2D eigenvalue weighted by molar-refractivity contribution is 5.69. The van der Waals surface area contributed by atoms with Crippen LogP contribution < -0.4 is 0 Å². The van der Waals surface area contributed by atoms with Crippen molar-refractivity contribution in [3.63, 3.8) is 0 Å². The Bertz CT molecular complexity index is 370. The summed E-state index contributed by atoms with van der Waals surface area (Å²) in [5, 5.41) is 0. The smallest absolute Gasteiger partial charge is 0.410 e. The van der Waals surface area contributed by atoms with Crippen molar-refractivity contribution in [1.82, 2.24) is 4.90 Å². The molecule has 0 aromatic rings. The summed E-state index contributed by atoms with van der Waals surface area (Å²) in [5.41, 5.74) is -0.409. The molecule has 0 radical (unpaired) electrons. The minimum absolute atomic E-state index is 0.130. The first-order valence-electron chi connectivity index (χ1n) is 8.59. The highest BCUT2D eigenvalue weighted by Crippen LogP contribution is 2.39. The third-order valence-electron chi connectivity index (χ3n) is 4.98. The molecule has 3 atom stereocenters. The normalized spacial score (nSPS) is 33.5. The maximum atomic E-state index is 12.4. The van der Waals surface area contributed by atoms with Gasteiger partial charge < -0.3 is 14.4 Å². The van der Waals surface area contributed by atoms with Crippen molar-refractivity contribution < 1.29 is 14.3 Å². The van der Waals surface area contributed by atoms with Crippen LogP contribution in [-0.2, 0) is 9.47 Å². The van der Waals surface area contributed by atoms with Crippen molar-refractivity contribution in [2.75, 3.05) is 0 Å². The Labute approximate surface area is 128 Å². The maximum absolute atomic E-state index is 12.4. The van der Waals surface area contributed by atoms with Gasteiger partial charge in [0.05, 0.1) is 12.2 Å². The molecule has 21 heavy (non-hydrogen) atoms. The van der Waals surface area contributed by atoms with Crippen LogP contribution in [0.3, 0.4) is 0 Å². The molecule has 120 valence electrons. The van der Waals surface area contributed by atoms with Crippen LogP contribution in [0.5, 0.6) is 0 Å². The van der Waals surface area contributed by atoms with Crippen LogP contribution in [0.15, 0.2) is 0 Å². The van der Waals surface area contributed by atoms with E-state index < -0.39 is 5.60 Å². The monoisotopic (exact) mass is 295 g/mol. The molecule has 1 aliphatic carbocycles. The van der Waals surface area contributed by atoms with Crippen molar-refractivity contribution in [3.05, 3.63) is 0 Å². The maximum Gasteiger partial charge on any atom is 0.410 e. The fraction of sp³-hybridized carbons (Fsp3) is 0.941. The van der Waals surface area contributed by atoms with Crippen LogP contribution in [0, 0.1) is 0 Å². The first-order chi connectivity index (χ1) is 9.92. The summed E-state index contributed by atoms with van der Waals surface area (Å²) >= 11 is 0. The minimum atomic E-state index is -0.409. The summed E-state index contributed by atoms with van der Waals surface area (Å²) < 4.78 is 11.9. The first kappa shape index (κ1) is 15.1. The van der Waals surface area contributed by atoms with Gasteiger partial charge in [0.15, 0.2) is 0 Å². The van der Waals surface area contributed by atoms with Gasteiger partial charge in [-0.25, -0.2) is 4.79 Å². The molecule has 0 unspecified atom stereocenters. The Morgan fingerprint density at radius 2 is 1.52 bits per heavy atom. The van der Waals surface area contributed by atoms with Crippen LogP contribution in [0.2, 0.25) is 0 Å². The zero-order valence-electron chi connectivity index (χ0n) is 13.6. The van der Waals surface area contributed by atoms with Crippen LogP contribution in [0.4, 0.5) is 4.79 Å². The average Bonchev–Trinajstić information content (AvgIpc) is 2.94. The molecule has 3 aliphatic rings. The topological polar surface area (TPSA) is 38.8 Å². The number of ether oxygens (including phenoxy) is 2. The molecule has 2 bridgehead atoms. The third-order valence-corrected chi connectivity index (χ3v) is 4.98. The molecule has 3 fully saturated rings. The molecule has 0 aromatic carbocycles. The molecular weight excluding hydrogens is 266 g/mol. The van der Waals surface area contributed by atoms with E-state index in [-0.39, 0.29) is 6.09 Å². The third kappa shape index (κ3) is 3.53. The van der Waals surface area contributed by atoms with E-state index >= 15 is 0 Å².